The fourth-order valence-corrected chi connectivity index (χ4v) is 4.27. The molecule has 120 valence electrons. The van der Waals surface area contributed by atoms with E-state index in [0.29, 0.717) is 24.9 Å². The summed E-state index contributed by atoms with van der Waals surface area (Å²) >= 11 is 0. The molecule has 0 amide bonds. The monoisotopic (exact) mass is 305 g/mol. The largest absolute Gasteiger partial charge is 0.393 e. The van der Waals surface area contributed by atoms with E-state index in [2.05, 4.69) is 13.8 Å². The highest BCUT2D eigenvalue weighted by molar-refractivity contribution is 7.88. The molecule has 1 saturated heterocycles. The van der Waals surface area contributed by atoms with Crippen LogP contribution in [-0.2, 0) is 10.0 Å². The van der Waals surface area contributed by atoms with Crippen molar-refractivity contribution in [1.29, 1.82) is 0 Å². The predicted molar refractivity (Wildman–Crippen MR) is 83.1 cm³/mol. The molecule has 0 aromatic carbocycles. The van der Waals surface area contributed by atoms with Gasteiger partial charge < -0.3 is 5.11 Å². The van der Waals surface area contributed by atoms with Crippen molar-refractivity contribution in [2.24, 2.45) is 11.8 Å². The van der Waals surface area contributed by atoms with Crippen LogP contribution >= 0.6 is 0 Å². The molecule has 1 aliphatic heterocycles. The third kappa shape index (κ3) is 5.70. The Kier molecular flexibility index (Phi) is 7.48. The maximum atomic E-state index is 11.6. The molecule has 0 saturated carbocycles. The van der Waals surface area contributed by atoms with Crippen molar-refractivity contribution in [3.8, 4) is 0 Å². The van der Waals surface area contributed by atoms with Gasteiger partial charge >= 0.3 is 0 Å². The Morgan fingerprint density at radius 1 is 1.25 bits per heavy atom. The minimum Gasteiger partial charge on any atom is -0.393 e. The highest BCUT2D eigenvalue weighted by atomic mass is 32.2. The Hall–Kier alpha value is -0.130. The van der Waals surface area contributed by atoms with Gasteiger partial charge in [0.1, 0.15) is 0 Å². The zero-order valence-electron chi connectivity index (χ0n) is 13.2. The van der Waals surface area contributed by atoms with Gasteiger partial charge in [-0.2, -0.15) is 0 Å². The van der Waals surface area contributed by atoms with Gasteiger partial charge in [0, 0.05) is 13.1 Å². The molecule has 1 aliphatic rings. The molecule has 0 bridgehead atoms. The van der Waals surface area contributed by atoms with E-state index >= 15 is 0 Å². The van der Waals surface area contributed by atoms with Crippen molar-refractivity contribution >= 4 is 10.0 Å². The summed E-state index contributed by atoms with van der Waals surface area (Å²) in [5, 5.41) is 10.4. The minimum absolute atomic E-state index is 0.278. The minimum atomic E-state index is -3.08. The fourth-order valence-electron chi connectivity index (χ4n) is 3.33. The van der Waals surface area contributed by atoms with Gasteiger partial charge in [-0.3, -0.25) is 0 Å². The van der Waals surface area contributed by atoms with E-state index in [9.17, 15) is 13.5 Å². The Balaban J connectivity index is 2.53. The lowest BCUT2D eigenvalue weighted by Gasteiger charge is -2.33. The van der Waals surface area contributed by atoms with E-state index < -0.39 is 10.0 Å². The first-order chi connectivity index (χ1) is 9.38. The Bertz CT molecular complexity index is 363. The Labute approximate surface area is 124 Å². The average Bonchev–Trinajstić information content (AvgIpc) is 2.38. The lowest BCUT2D eigenvalue weighted by atomic mass is 9.84. The maximum absolute atomic E-state index is 11.6. The fraction of sp³-hybridized carbons (Fsp3) is 1.00. The van der Waals surface area contributed by atoms with Crippen molar-refractivity contribution in [2.75, 3.05) is 19.3 Å². The van der Waals surface area contributed by atoms with Crippen molar-refractivity contribution in [3.05, 3.63) is 0 Å². The van der Waals surface area contributed by atoms with Gasteiger partial charge in [0.2, 0.25) is 10.0 Å². The number of sulfonamides is 1. The third-order valence-corrected chi connectivity index (χ3v) is 5.66. The summed E-state index contributed by atoms with van der Waals surface area (Å²) in [5.74, 6) is 0.684. The molecule has 1 fully saturated rings. The first-order valence-electron chi connectivity index (χ1n) is 8.01. The highest BCUT2D eigenvalue weighted by Crippen LogP contribution is 2.28. The number of hydrogen-bond donors (Lipinski definition) is 1. The standard InChI is InChI=1S/C15H31NO3S/c1-4-7-14(8-5-2)15(17)11-13-9-6-10-16(12-13)20(3,18)19/h13-15,17H,4-12H2,1-3H3. The summed E-state index contributed by atoms with van der Waals surface area (Å²) in [4.78, 5) is 0. The second kappa shape index (κ2) is 8.35. The van der Waals surface area contributed by atoms with Gasteiger partial charge in [-0.05, 0) is 43.9 Å². The normalized spacial score (nSPS) is 23.1. The van der Waals surface area contributed by atoms with Crippen LogP contribution in [0.25, 0.3) is 0 Å². The van der Waals surface area contributed by atoms with E-state index in [-0.39, 0.29) is 6.10 Å². The summed E-state index contributed by atoms with van der Waals surface area (Å²) in [6, 6.07) is 0. The summed E-state index contributed by atoms with van der Waals surface area (Å²) in [6.45, 7) is 5.53. The summed E-state index contributed by atoms with van der Waals surface area (Å²) in [6.07, 6.45) is 8.03. The molecule has 0 aromatic rings. The van der Waals surface area contributed by atoms with Crippen LogP contribution in [-0.4, -0.2) is 43.3 Å². The van der Waals surface area contributed by atoms with Crippen LogP contribution < -0.4 is 0 Å². The quantitative estimate of drug-likeness (QED) is 0.750. The van der Waals surface area contributed by atoms with Crippen LogP contribution in [0.15, 0.2) is 0 Å². The van der Waals surface area contributed by atoms with Gasteiger partial charge in [0.25, 0.3) is 0 Å². The molecule has 1 rings (SSSR count). The maximum Gasteiger partial charge on any atom is 0.211 e. The van der Waals surface area contributed by atoms with E-state index in [1.807, 2.05) is 0 Å². The van der Waals surface area contributed by atoms with Crippen molar-refractivity contribution in [3.63, 3.8) is 0 Å². The molecule has 0 aromatic heterocycles. The summed E-state index contributed by atoms with van der Waals surface area (Å²) in [7, 11) is -3.08. The SMILES string of the molecule is CCCC(CCC)C(O)CC1CCCN(S(C)(=O)=O)C1. The lowest BCUT2D eigenvalue weighted by Crippen LogP contribution is -2.40. The van der Waals surface area contributed by atoms with Gasteiger partial charge in [0.05, 0.1) is 12.4 Å². The molecular weight excluding hydrogens is 274 g/mol. The molecular formula is C15H31NO3S. The Morgan fingerprint density at radius 3 is 2.35 bits per heavy atom. The number of aliphatic hydroxyl groups excluding tert-OH is 1. The van der Waals surface area contributed by atoms with Gasteiger partial charge in [-0.15, -0.1) is 0 Å². The first-order valence-corrected chi connectivity index (χ1v) is 9.86. The number of rotatable bonds is 8. The van der Waals surface area contributed by atoms with Crippen LogP contribution in [0.1, 0.15) is 58.8 Å². The predicted octanol–water partition coefficient (Wildman–Crippen LogP) is 2.63. The smallest absolute Gasteiger partial charge is 0.211 e. The highest BCUT2D eigenvalue weighted by Gasteiger charge is 2.29. The van der Waals surface area contributed by atoms with Gasteiger partial charge in [0.15, 0.2) is 0 Å². The molecule has 1 N–H and O–H groups in total. The van der Waals surface area contributed by atoms with Crippen molar-refractivity contribution < 1.29 is 13.5 Å². The van der Waals surface area contributed by atoms with Gasteiger partial charge in [-0.25, -0.2) is 12.7 Å². The molecule has 0 radical (unpaired) electrons. The van der Waals surface area contributed by atoms with Crippen molar-refractivity contribution in [2.45, 2.75) is 64.9 Å². The molecule has 4 nitrogen and oxygen atoms in total. The van der Waals surface area contributed by atoms with Crippen LogP contribution in [0.5, 0.6) is 0 Å². The van der Waals surface area contributed by atoms with Crippen LogP contribution in [0.2, 0.25) is 0 Å². The molecule has 1 heterocycles. The van der Waals surface area contributed by atoms with Crippen LogP contribution in [0, 0.1) is 11.8 Å². The number of hydrogen-bond acceptors (Lipinski definition) is 3. The molecule has 20 heavy (non-hydrogen) atoms. The third-order valence-electron chi connectivity index (χ3n) is 4.39. The van der Waals surface area contributed by atoms with E-state index in [1.54, 1.807) is 4.31 Å². The van der Waals surface area contributed by atoms with Crippen molar-refractivity contribution in [1.82, 2.24) is 4.31 Å². The van der Waals surface area contributed by atoms with Gasteiger partial charge in [-0.1, -0.05) is 26.7 Å². The number of nitrogens with zero attached hydrogens (tertiary/aromatic N) is 1. The molecule has 2 unspecified atom stereocenters. The summed E-state index contributed by atoms with van der Waals surface area (Å²) in [5.41, 5.74) is 0. The second-order valence-electron chi connectivity index (χ2n) is 6.27. The zero-order chi connectivity index (χ0) is 15.2. The first kappa shape index (κ1) is 17.9. The average molecular weight is 305 g/mol. The molecule has 0 spiro atoms. The topological polar surface area (TPSA) is 57.6 Å². The summed E-state index contributed by atoms with van der Waals surface area (Å²) < 4.78 is 24.8. The molecule has 0 aliphatic carbocycles. The van der Waals surface area contributed by atoms with E-state index in [0.717, 1.165) is 44.9 Å². The molecule has 5 heteroatoms. The number of aliphatic hydroxyl groups is 1. The zero-order valence-corrected chi connectivity index (χ0v) is 14.0. The molecule has 2 atom stereocenters. The van der Waals surface area contributed by atoms with Crippen LogP contribution in [0.4, 0.5) is 0 Å². The second-order valence-corrected chi connectivity index (χ2v) is 8.25. The Morgan fingerprint density at radius 2 is 1.85 bits per heavy atom. The van der Waals surface area contributed by atoms with Crippen LogP contribution in [0.3, 0.4) is 0 Å². The van der Waals surface area contributed by atoms with E-state index in [4.69, 9.17) is 0 Å². The lowest BCUT2D eigenvalue weighted by molar-refractivity contribution is 0.0615. The number of piperidine rings is 1. The van der Waals surface area contributed by atoms with E-state index in [1.165, 1.54) is 6.26 Å².